The van der Waals surface area contributed by atoms with Gasteiger partial charge >= 0.3 is 0 Å². The van der Waals surface area contributed by atoms with Crippen molar-refractivity contribution in [2.75, 3.05) is 18.6 Å². The van der Waals surface area contributed by atoms with Crippen LogP contribution in [0.5, 0.6) is 0 Å². The van der Waals surface area contributed by atoms with E-state index in [9.17, 15) is 0 Å². The van der Waals surface area contributed by atoms with Gasteiger partial charge in [-0.15, -0.1) is 0 Å². The lowest BCUT2D eigenvalue weighted by Gasteiger charge is -2.07. The molecule has 0 saturated carbocycles. The summed E-state index contributed by atoms with van der Waals surface area (Å²) in [6.45, 7) is 0.917. The molecule has 4 heteroatoms. The van der Waals surface area contributed by atoms with E-state index in [0.29, 0.717) is 6.04 Å². The van der Waals surface area contributed by atoms with E-state index in [1.54, 1.807) is 0 Å². The molecule has 0 spiro atoms. The van der Waals surface area contributed by atoms with E-state index in [1.807, 2.05) is 25.0 Å². The van der Waals surface area contributed by atoms with E-state index in [2.05, 4.69) is 21.3 Å². The Hall–Kier alpha value is -0.480. The highest BCUT2D eigenvalue weighted by molar-refractivity contribution is 7.99. The number of aromatic nitrogens is 2. The zero-order chi connectivity index (χ0) is 9.10. The summed E-state index contributed by atoms with van der Waals surface area (Å²) in [5.41, 5.74) is 1.28. The molecule has 0 amide bonds. The first-order valence-corrected chi connectivity index (χ1v) is 5.81. The van der Waals surface area contributed by atoms with Crippen LogP contribution < -0.4 is 5.32 Å². The Balaban J connectivity index is 2.03. The van der Waals surface area contributed by atoms with Crippen molar-refractivity contribution in [1.29, 1.82) is 0 Å². The van der Waals surface area contributed by atoms with Crippen molar-refractivity contribution >= 4 is 11.8 Å². The van der Waals surface area contributed by atoms with Crippen molar-refractivity contribution in [3.8, 4) is 0 Å². The molecular weight excluding hydrogens is 182 g/mol. The molecule has 0 aliphatic carbocycles. The van der Waals surface area contributed by atoms with Crippen LogP contribution in [0, 0.1) is 0 Å². The van der Waals surface area contributed by atoms with Crippen LogP contribution in [0.2, 0.25) is 0 Å². The summed E-state index contributed by atoms with van der Waals surface area (Å²) in [5.74, 6) is 2.51. The summed E-state index contributed by atoms with van der Waals surface area (Å²) in [6, 6.07) is 0.635. The maximum atomic E-state index is 4.38. The Morgan fingerprint density at radius 3 is 3.38 bits per heavy atom. The number of nitrogens with one attached hydrogen (secondary N) is 1. The smallest absolute Gasteiger partial charge is 0.0617 e. The maximum Gasteiger partial charge on any atom is 0.0617 e. The van der Waals surface area contributed by atoms with Crippen LogP contribution in [0.1, 0.15) is 18.0 Å². The lowest BCUT2D eigenvalue weighted by molar-refractivity contribution is 0.501. The second-order valence-electron chi connectivity index (χ2n) is 3.38. The van der Waals surface area contributed by atoms with E-state index >= 15 is 0 Å². The third kappa shape index (κ3) is 2.06. The van der Waals surface area contributed by atoms with Crippen LogP contribution in [0.25, 0.3) is 0 Å². The zero-order valence-corrected chi connectivity index (χ0v) is 8.68. The lowest BCUT2D eigenvalue weighted by Crippen LogP contribution is -2.08. The van der Waals surface area contributed by atoms with Gasteiger partial charge in [-0.1, -0.05) is 0 Å². The minimum atomic E-state index is 0.635. The van der Waals surface area contributed by atoms with Crippen LogP contribution in [0.4, 0.5) is 0 Å². The van der Waals surface area contributed by atoms with Gasteiger partial charge in [0.1, 0.15) is 0 Å². The number of hydrogen-bond acceptors (Lipinski definition) is 3. The van der Waals surface area contributed by atoms with Gasteiger partial charge < -0.3 is 5.32 Å². The predicted molar refractivity (Wildman–Crippen MR) is 56.0 cm³/mol. The quantitative estimate of drug-likeness (QED) is 0.791. The molecule has 0 bridgehead atoms. The Morgan fingerprint density at radius 2 is 2.69 bits per heavy atom. The standard InChI is InChI=1S/C9H15N3S/c1-10-4-8-5-11-12(6-8)9-2-3-13-7-9/h5-6,9-10H,2-4,7H2,1H3. The van der Waals surface area contributed by atoms with Gasteiger partial charge in [0.15, 0.2) is 0 Å². The molecule has 1 fully saturated rings. The van der Waals surface area contributed by atoms with E-state index in [-0.39, 0.29) is 0 Å². The molecule has 13 heavy (non-hydrogen) atoms. The van der Waals surface area contributed by atoms with Crippen molar-refractivity contribution in [2.45, 2.75) is 19.0 Å². The SMILES string of the molecule is CNCc1cnn(C2CCSC2)c1. The van der Waals surface area contributed by atoms with Crippen LogP contribution in [-0.4, -0.2) is 28.3 Å². The molecule has 2 rings (SSSR count). The van der Waals surface area contributed by atoms with E-state index in [1.165, 1.54) is 23.5 Å². The Kier molecular flexibility index (Phi) is 2.90. The number of hydrogen-bond donors (Lipinski definition) is 1. The molecular formula is C9H15N3S. The van der Waals surface area contributed by atoms with Crippen molar-refractivity contribution in [3.63, 3.8) is 0 Å². The number of nitrogens with zero attached hydrogens (tertiary/aromatic N) is 2. The third-order valence-corrected chi connectivity index (χ3v) is 3.46. The minimum Gasteiger partial charge on any atom is -0.316 e. The summed E-state index contributed by atoms with van der Waals surface area (Å²) in [6.07, 6.45) is 5.39. The fraction of sp³-hybridized carbons (Fsp3) is 0.667. The van der Waals surface area contributed by atoms with Crippen LogP contribution in [-0.2, 0) is 6.54 Å². The van der Waals surface area contributed by atoms with Crippen molar-refractivity contribution in [3.05, 3.63) is 18.0 Å². The van der Waals surface area contributed by atoms with E-state index < -0.39 is 0 Å². The van der Waals surface area contributed by atoms with Crippen molar-refractivity contribution in [1.82, 2.24) is 15.1 Å². The zero-order valence-electron chi connectivity index (χ0n) is 7.86. The fourth-order valence-corrected chi connectivity index (χ4v) is 2.80. The van der Waals surface area contributed by atoms with Crippen molar-refractivity contribution < 1.29 is 0 Å². The molecule has 1 aliphatic rings. The third-order valence-electron chi connectivity index (χ3n) is 2.32. The average molecular weight is 197 g/mol. The van der Waals surface area contributed by atoms with Crippen LogP contribution >= 0.6 is 11.8 Å². The van der Waals surface area contributed by atoms with Crippen LogP contribution in [0.3, 0.4) is 0 Å². The Labute approximate surface area is 82.9 Å². The Bertz CT molecular complexity index is 266. The molecule has 72 valence electrons. The first-order chi connectivity index (χ1) is 6.40. The summed E-state index contributed by atoms with van der Waals surface area (Å²) in [7, 11) is 1.96. The summed E-state index contributed by atoms with van der Waals surface area (Å²) in [5, 5.41) is 7.51. The fourth-order valence-electron chi connectivity index (χ4n) is 1.60. The predicted octanol–water partition coefficient (Wildman–Crippen LogP) is 1.28. The largest absolute Gasteiger partial charge is 0.316 e. The highest BCUT2D eigenvalue weighted by atomic mass is 32.2. The van der Waals surface area contributed by atoms with Gasteiger partial charge in [0.05, 0.1) is 12.2 Å². The minimum absolute atomic E-state index is 0.635. The number of thioether (sulfide) groups is 1. The maximum absolute atomic E-state index is 4.38. The number of rotatable bonds is 3. The monoisotopic (exact) mass is 197 g/mol. The van der Waals surface area contributed by atoms with Gasteiger partial charge in [-0.3, -0.25) is 4.68 Å². The molecule has 1 aliphatic heterocycles. The second kappa shape index (κ2) is 4.15. The van der Waals surface area contributed by atoms with Gasteiger partial charge in [-0.05, 0) is 19.2 Å². The summed E-state index contributed by atoms with van der Waals surface area (Å²) >= 11 is 2.02. The molecule has 1 aromatic heterocycles. The molecule has 0 aromatic carbocycles. The van der Waals surface area contributed by atoms with Gasteiger partial charge in [-0.25, -0.2) is 0 Å². The molecule has 1 saturated heterocycles. The van der Waals surface area contributed by atoms with Crippen LogP contribution in [0.15, 0.2) is 12.4 Å². The Morgan fingerprint density at radius 1 is 1.77 bits per heavy atom. The van der Waals surface area contributed by atoms with Crippen molar-refractivity contribution in [2.24, 2.45) is 0 Å². The normalized spacial score (nSPS) is 22.4. The van der Waals surface area contributed by atoms with Gasteiger partial charge in [0.25, 0.3) is 0 Å². The molecule has 1 aromatic rings. The molecule has 1 atom stereocenters. The first-order valence-electron chi connectivity index (χ1n) is 4.65. The van der Waals surface area contributed by atoms with Gasteiger partial charge in [-0.2, -0.15) is 16.9 Å². The lowest BCUT2D eigenvalue weighted by atomic mass is 10.3. The molecule has 1 N–H and O–H groups in total. The summed E-state index contributed by atoms with van der Waals surface area (Å²) < 4.78 is 2.12. The average Bonchev–Trinajstić information content (AvgIpc) is 2.70. The topological polar surface area (TPSA) is 29.9 Å². The highest BCUT2D eigenvalue weighted by Gasteiger charge is 2.17. The highest BCUT2D eigenvalue weighted by Crippen LogP contribution is 2.27. The first kappa shape index (κ1) is 9.09. The van der Waals surface area contributed by atoms with E-state index in [4.69, 9.17) is 0 Å². The van der Waals surface area contributed by atoms with E-state index in [0.717, 1.165) is 6.54 Å². The second-order valence-corrected chi connectivity index (χ2v) is 4.53. The van der Waals surface area contributed by atoms with Gasteiger partial charge in [0, 0.05) is 24.1 Å². The summed E-state index contributed by atoms with van der Waals surface area (Å²) in [4.78, 5) is 0. The molecule has 3 nitrogen and oxygen atoms in total. The molecule has 2 heterocycles. The molecule has 1 unspecified atom stereocenters. The van der Waals surface area contributed by atoms with Gasteiger partial charge in [0.2, 0.25) is 0 Å². The molecule has 0 radical (unpaired) electrons.